The van der Waals surface area contributed by atoms with Crippen LogP contribution in [0, 0.1) is 24.6 Å². The van der Waals surface area contributed by atoms with Gasteiger partial charge in [0.25, 0.3) is 5.91 Å². The lowest BCUT2D eigenvalue weighted by atomic mass is 9.70. The molecule has 6 nitrogen and oxygen atoms in total. The summed E-state index contributed by atoms with van der Waals surface area (Å²) < 4.78 is 19.1. The number of amides is 2. The number of nitrogens with zero attached hydrogens (tertiary/aromatic N) is 3. The Bertz CT molecular complexity index is 974. The van der Waals surface area contributed by atoms with Gasteiger partial charge in [-0.1, -0.05) is 12.1 Å². The Morgan fingerprint density at radius 1 is 1.30 bits per heavy atom. The van der Waals surface area contributed by atoms with Gasteiger partial charge in [-0.3, -0.25) is 9.59 Å². The number of fused-ring (bicyclic) bond motifs is 4. The van der Waals surface area contributed by atoms with Crippen LogP contribution in [-0.2, 0) is 11.2 Å². The van der Waals surface area contributed by atoms with E-state index in [1.807, 2.05) is 11.0 Å². The third-order valence-electron chi connectivity index (χ3n) is 7.06. The minimum Gasteiger partial charge on any atom is -0.438 e. The number of halogens is 1. The third-order valence-corrected chi connectivity index (χ3v) is 7.06. The van der Waals surface area contributed by atoms with Gasteiger partial charge in [0.15, 0.2) is 6.39 Å². The first-order valence-electron chi connectivity index (χ1n) is 10.8. The van der Waals surface area contributed by atoms with Crippen LogP contribution in [-0.4, -0.2) is 51.8 Å². The number of oxazole rings is 1. The lowest BCUT2D eigenvalue weighted by molar-refractivity contribution is -0.151. The number of piperidine rings is 3. The zero-order valence-corrected chi connectivity index (χ0v) is 17.1. The van der Waals surface area contributed by atoms with Crippen molar-refractivity contribution in [2.75, 3.05) is 13.1 Å². The molecule has 7 heteroatoms. The van der Waals surface area contributed by atoms with Gasteiger partial charge in [-0.2, -0.15) is 0 Å². The molecule has 158 valence electrons. The van der Waals surface area contributed by atoms with Crippen LogP contribution < -0.4 is 0 Å². The zero-order chi connectivity index (χ0) is 20.8. The minimum atomic E-state index is -0.260. The third kappa shape index (κ3) is 3.30. The van der Waals surface area contributed by atoms with Crippen LogP contribution in [0.4, 0.5) is 4.39 Å². The van der Waals surface area contributed by atoms with Gasteiger partial charge >= 0.3 is 0 Å². The number of benzene rings is 1. The molecule has 2 bridgehead atoms. The number of rotatable bonds is 3. The molecule has 1 aromatic carbocycles. The Balaban J connectivity index is 1.45. The predicted molar refractivity (Wildman–Crippen MR) is 107 cm³/mol. The lowest BCUT2D eigenvalue weighted by Gasteiger charge is -2.56. The van der Waals surface area contributed by atoms with Gasteiger partial charge in [0.2, 0.25) is 11.7 Å². The van der Waals surface area contributed by atoms with E-state index in [-0.39, 0.29) is 41.6 Å². The largest absolute Gasteiger partial charge is 0.438 e. The van der Waals surface area contributed by atoms with E-state index in [1.165, 1.54) is 12.5 Å². The summed E-state index contributed by atoms with van der Waals surface area (Å²) in [5.41, 5.74) is 1.49. The van der Waals surface area contributed by atoms with Crippen LogP contribution in [0.15, 0.2) is 35.1 Å². The van der Waals surface area contributed by atoms with Crippen molar-refractivity contribution in [3.8, 4) is 0 Å². The molecule has 0 saturated carbocycles. The Morgan fingerprint density at radius 3 is 2.90 bits per heavy atom. The van der Waals surface area contributed by atoms with E-state index in [9.17, 15) is 14.0 Å². The van der Waals surface area contributed by atoms with Crippen LogP contribution in [0.5, 0.6) is 0 Å². The molecule has 5 rings (SSSR count). The molecule has 1 aromatic heterocycles. The predicted octanol–water partition coefficient (Wildman–Crippen LogP) is 3.21. The van der Waals surface area contributed by atoms with Gasteiger partial charge in [-0.05, 0) is 62.1 Å². The highest BCUT2D eigenvalue weighted by Crippen LogP contribution is 2.43. The quantitative estimate of drug-likeness (QED) is 0.778. The van der Waals surface area contributed by atoms with Crippen LogP contribution in [0.2, 0.25) is 0 Å². The first-order chi connectivity index (χ1) is 14.5. The second-order valence-corrected chi connectivity index (χ2v) is 8.89. The molecule has 0 radical (unpaired) electrons. The van der Waals surface area contributed by atoms with Crippen LogP contribution in [0.3, 0.4) is 0 Å². The minimum absolute atomic E-state index is 0.0210. The van der Waals surface area contributed by atoms with Crippen molar-refractivity contribution in [2.24, 2.45) is 11.8 Å². The molecule has 2 amide bonds. The second kappa shape index (κ2) is 7.52. The molecular weight excluding hydrogens is 385 g/mol. The smallest absolute Gasteiger partial charge is 0.291 e. The van der Waals surface area contributed by atoms with Gasteiger partial charge in [0.05, 0.1) is 5.69 Å². The molecular formula is C23H26FN3O3. The van der Waals surface area contributed by atoms with Crippen LogP contribution >= 0.6 is 0 Å². The lowest BCUT2D eigenvalue weighted by Crippen LogP contribution is -2.66. The number of aryl methyl sites for hydroxylation is 1. The van der Waals surface area contributed by atoms with Crippen LogP contribution in [0.1, 0.15) is 47.5 Å². The molecule has 4 heterocycles. The topological polar surface area (TPSA) is 66.7 Å². The van der Waals surface area contributed by atoms with E-state index in [4.69, 9.17) is 4.42 Å². The highest BCUT2D eigenvalue weighted by atomic mass is 19.1. The van der Waals surface area contributed by atoms with E-state index in [0.29, 0.717) is 37.4 Å². The molecule has 3 saturated heterocycles. The van der Waals surface area contributed by atoms with Crippen molar-refractivity contribution in [1.82, 2.24) is 14.8 Å². The van der Waals surface area contributed by atoms with Gasteiger partial charge in [-0.15, -0.1) is 0 Å². The normalized spacial score (nSPS) is 28.4. The number of hydrogen-bond donors (Lipinski definition) is 0. The van der Waals surface area contributed by atoms with Crippen molar-refractivity contribution in [2.45, 2.75) is 51.1 Å². The summed E-state index contributed by atoms with van der Waals surface area (Å²) >= 11 is 0. The zero-order valence-electron chi connectivity index (χ0n) is 17.1. The van der Waals surface area contributed by atoms with Crippen molar-refractivity contribution >= 4 is 11.8 Å². The highest BCUT2D eigenvalue weighted by Gasteiger charge is 2.50. The van der Waals surface area contributed by atoms with Gasteiger partial charge in [-0.25, -0.2) is 9.37 Å². The standard InChI is InChI=1S/C23H26FN3O3/c1-14-22(30-13-25-14)23(29)26-11-16-10-17(12-26)20(9-15-4-2-5-18(24)8-15)27-19(16)6-3-7-21(27)28/h2,4-5,8,13,16-17,19-20H,3,6-7,9-12H2,1H3/t16-,17+,19+,20+/m1/s1. The maximum Gasteiger partial charge on any atom is 0.291 e. The van der Waals surface area contributed by atoms with Gasteiger partial charge < -0.3 is 14.2 Å². The first-order valence-corrected chi connectivity index (χ1v) is 10.8. The number of carbonyl (C=O) groups is 2. The summed E-state index contributed by atoms with van der Waals surface area (Å²) in [4.78, 5) is 34.1. The van der Waals surface area contributed by atoms with E-state index < -0.39 is 0 Å². The molecule has 3 aliphatic rings. The van der Waals surface area contributed by atoms with Crippen molar-refractivity contribution in [3.63, 3.8) is 0 Å². The van der Waals surface area contributed by atoms with E-state index in [1.54, 1.807) is 19.1 Å². The summed E-state index contributed by atoms with van der Waals surface area (Å²) in [7, 11) is 0. The summed E-state index contributed by atoms with van der Waals surface area (Å²) in [6, 6.07) is 6.76. The van der Waals surface area contributed by atoms with Crippen molar-refractivity contribution < 1.29 is 18.4 Å². The molecule has 0 N–H and O–H groups in total. The summed E-state index contributed by atoms with van der Waals surface area (Å²) in [5, 5.41) is 0. The summed E-state index contributed by atoms with van der Waals surface area (Å²) in [6.45, 7) is 2.98. The first kappa shape index (κ1) is 19.3. The molecule has 3 fully saturated rings. The fourth-order valence-corrected chi connectivity index (χ4v) is 5.76. The molecule has 3 aliphatic heterocycles. The Hall–Kier alpha value is -2.70. The molecule has 4 atom stereocenters. The molecule has 0 aliphatic carbocycles. The average Bonchev–Trinajstić information content (AvgIpc) is 3.16. The molecule has 30 heavy (non-hydrogen) atoms. The Kier molecular flexibility index (Phi) is 4.83. The summed E-state index contributed by atoms with van der Waals surface area (Å²) in [5.74, 6) is 0.548. The molecule has 0 spiro atoms. The SMILES string of the molecule is Cc1ncoc1C(=O)N1C[C@H]2C[C@@H](C1)[C@H](Cc1cccc(F)c1)N1C(=O)CCC[C@@H]21. The molecule has 2 aromatic rings. The number of hydrogen-bond acceptors (Lipinski definition) is 4. The number of likely N-dealkylation sites (tertiary alicyclic amines) is 1. The van der Waals surface area contributed by atoms with Gasteiger partial charge in [0.1, 0.15) is 5.82 Å². The monoisotopic (exact) mass is 411 g/mol. The maximum absolute atomic E-state index is 13.8. The number of carbonyl (C=O) groups excluding carboxylic acids is 2. The van der Waals surface area contributed by atoms with Gasteiger partial charge in [0, 0.05) is 31.6 Å². The fraction of sp³-hybridized carbons (Fsp3) is 0.522. The fourth-order valence-electron chi connectivity index (χ4n) is 5.76. The highest BCUT2D eigenvalue weighted by molar-refractivity contribution is 5.92. The molecule has 0 unspecified atom stereocenters. The Morgan fingerprint density at radius 2 is 2.13 bits per heavy atom. The van der Waals surface area contributed by atoms with E-state index >= 15 is 0 Å². The number of aromatic nitrogens is 1. The van der Waals surface area contributed by atoms with E-state index in [0.717, 1.165) is 24.8 Å². The Labute approximate surface area is 175 Å². The van der Waals surface area contributed by atoms with E-state index in [2.05, 4.69) is 9.88 Å². The maximum atomic E-state index is 13.8. The van der Waals surface area contributed by atoms with Crippen molar-refractivity contribution in [3.05, 3.63) is 53.5 Å². The average molecular weight is 411 g/mol. The second-order valence-electron chi connectivity index (χ2n) is 8.89. The van der Waals surface area contributed by atoms with Crippen molar-refractivity contribution in [1.29, 1.82) is 0 Å². The summed E-state index contributed by atoms with van der Waals surface area (Å²) in [6.07, 6.45) is 5.35. The van der Waals surface area contributed by atoms with Crippen LogP contribution in [0.25, 0.3) is 0 Å².